The standard InChI is InChI=1S/C21H19F3N2O2S/c1-14-25-18(13-29-14)12-28-19-5-3-4-16(10-19)20(27)26(2)11-15-6-8-17(9-7-15)21(22,23)24/h3-10,13H,11-12H2,1-2H3. The smallest absolute Gasteiger partial charge is 0.416 e. The van der Waals surface area contributed by atoms with E-state index < -0.39 is 11.7 Å². The fraction of sp³-hybridized carbons (Fsp3) is 0.238. The summed E-state index contributed by atoms with van der Waals surface area (Å²) in [4.78, 5) is 18.5. The Kier molecular flexibility index (Phi) is 6.22. The minimum Gasteiger partial charge on any atom is -0.487 e. The van der Waals surface area contributed by atoms with Gasteiger partial charge in [0.05, 0.1) is 16.3 Å². The third-order valence-electron chi connectivity index (χ3n) is 4.18. The van der Waals surface area contributed by atoms with Crippen LogP contribution in [0.15, 0.2) is 53.9 Å². The molecule has 0 saturated heterocycles. The fourth-order valence-electron chi connectivity index (χ4n) is 2.72. The van der Waals surface area contributed by atoms with Crippen LogP contribution < -0.4 is 4.74 Å². The van der Waals surface area contributed by atoms with Gasteiger partial charge in [-0.3, -0.25) is 4.79 Å². The number of halogens is 3. The number of alkyl halides is 3. The molecule has 0 aliphatic carbocycles. The number of amides is 1. The topological polar surface area (TPSA) is 42.4 Å². The van der Waals surface area contributed by atoms with E-state index in [4.69, 9.17) is 4.74 Å². The summed E-state index contributed by atoms with van der Waals surface area (Å²) in [6.45, 7) is 2.42. The Morgan fingerprint density at radius 2 is 1.90 bits per heavy atom. The van der Waals surface area contributed by atoms with Gasteiger partial charge in [0.1, 0.15) is 12.4 Å². The van der Waals surface area contributed by atoms with Gasteiger partial charge < -0.3 is 9.64 Å². The summed E-state index contributed by atoms with van der Waals surface area (Å²) in [5.74, 6) is 0.296. The van der Waals surface area contributed by atoms with Gasteiger partial charge in [0, 0.05) is 24.5 Å². The van der Waals surface area contributed by atoms with Crippen LogP contribution in [0.1, 0.15) is 32.2 Å². The van der Waals surface area contributed by atoms with Gasteiger partial charge >= 0.3 is 6.18 Å². The van der Waals surface area contributed by atoms with Crippen LogP contribution >= 0.6 is 11.3 Å². The number of hydrogen-bond donors (Lipinski definition) is 0. The highest BCUT2D eigenvalue weighted by atomic mass is 32.1. The number of aryl methyl sites for hydroxylation is 1. The Balaban J connectivity index is 1.63. The van der Waals surface area contributed by atoms with Gasteiger partial charge in [0.15, 0.2) is 0 Å². The number of rotatable bonds is 6. The van der Waals surface area contributed by atoms with Crippen LogP contribution in [-0.2, 0) is 19.3 Å². The van der Waals surface area contributed by atoms with Gasteiger partial charge in [-0.1, -0.05) is 18.2 Å². The van der Waals surface area contributed by atoms with Crippen molar-refractivity contribution in [1.82, 2.24) is 9.88 Å². The molecular formula is C21H19F3N2O2S. The highest BCUT2D eigenvalue weighted by Gasteiger charge is 2.30. The van der Waals surface area contributed by atoms with Crippen molar-refractivity contribution < 1.29 is 22.7 Å². The second-order valence-electron chi connectivity index (χ2n) is 6.53. The van der Waals surface area contributed by atoms with Gasteiger partial charge in [-0.2, -0.15) is 13.2 Å². The molecule has 2 aromatic carbocycles. The molecule has 0 atom stereocenters. The van der Waals surface area contributed by atoms with Gasteiger partial charge in [-0.15, -0.1) is 11.3 Å². The predicted octanol–water partition coefficient (Wildman–Crippen LogP) is 5.32. The average Bonchev–Trinajstić information content (AvgIpc) is 3.11. The third-order valence-corrected chi connectivity index (χ3v) is 5.00. The zero-order valence-corrected chi connectivity index (χ0v) is 16.7. The Morgan fingerprint density at radius 3 is 2.52 bits per heavy atom. The summed E-state index contributed by atoms with van der Waals surface area (Å²) in [5.41, 5.74) is 1.16. The zero-order chi connectivity index (χ0) is 21.0. The molecule has 0 radical (unpaired) electrons. The first-order chi connectivity index (χ1) is 13.7. The molecule has 1 amide bonds. The molecule has 0 aliphatic heterocycles. The molecule has 1 aromatic heterocycles. The summed E-state index contributed by atoms with van der Waals surface area (Å²) in [7, 11) is 1.60. The van der Waals surface area contributed by atoms with Crippen LogP contribution in [0.25, 0.3) is 0 Å². The Morgan fingerprint density at radius 1 is 1.17 bits per heavy atom. The number of aromatic nitrogens is 1. The van der Waals surface area contributed by atoms with Gasteiger partial charge in [0.2, 0.25) is 0 Å². The van der Waals surface area contributed by atoms with Gasteiger partial charge in [-0.05, 0) is 42.8 Å². The maximum Gasteiger partial charge on any atom is 0.416 e. The van der Waals surface area contributed by atoms with E-state index in [1.54, 1.807) is 42.6 Å². The number of benzene rings is 2. The molecule has 0 aliphatic rings. The number of carbonyl (C=O) groups is 1. The van der Waals surface area contributed by atoms with E-state index >= 15 is 0 Å². The van der Waals surface area contributed by atoms with Crippen LogP contribution in [0.3, 0.4) is 0 Å². The highest BCUT2D eigenvalue weighted by Crippen LogP contribution is 2.29. The monoisotopic (exact) mass is 420 g/mol. The summed E-state index contributed by atoms with van der Waals surface area (Å²) in [6.07, 6.45) is -4.38. The van der Waals surface area contributed by atoms with Gasteiger partial charge in [-0.25, -0.2) is 4.98 Å². The number of hydrogen-bond acceptors (Lipinski definition) is 4. The van der Waals surface area contributed by atoms with Crippen LogP contribution in [0.5, 0.6) is 5.75 Å². The maximum atomic E-state index is 12.7. The molecule has 0 spiro atoms. The predicted molar refractivity (Wildman–Crippen MR) is 105 cm³/mol. The molecule has 3 rings (SSSR count). The van der Waals surface area contributed by atoms with E-state index in [0.717, 1.165) is 22.8 Å². The third kappa shape index (κ3) is 5.57. The zero-order valence-electron chi connectivity index (χ0n) is 15.9. The molecule has 0 saturated carbocycles. The van der Waals surface area contributed by atoms with Crippen molar-refractivity contribution in [3.63, 3.8) is 0 Å². The van der Waals surface area contributed by atoms with Crippen molar-refractivity contribution >= 4 is 17.2 Å². The van der Waals surface area contributed by atoms with Crippen LogP contribution in [-0.4, -0.2) is 22.8 Å². The van der Waals surface area contributed by atoms with E-state index in [1.807, 2.05) is 12.3 Å². The van der Waals surface area contributed by atoms with E-state index in [2.05, 4.69) is 4.98 Å². The molecule has 0 unspecified atom stereocenters. The molecule has 1 heterocycles. The normalized spacial score (nSPS) is 11.3. The highest BCUT2D eigenvalue weighted by molar-refractivity contribution is 7.09. The summed E-state index contributed by atoms with van der Waals surface area (Å²) >= 11 is 1.54. The number of nitrogens with zero attached hydrogens (tertiary/aromatic N) is 2. The van der Waals surface area contributed by atoms with Crippen LogP contribution in [0.2, 0.25) is 0 Å². The molecule has 4 nitrogen and oxygen atoms in total. The first kappa shape index (κ1) is 20.9. The van der Waals surface area contributed by atoms with E-state index in [-0.39, 0.29) is 12.5 Å². The lowest BCUT2D eigenvalue weighted by Crippen LogP contribution is -2.26. The van der Waals surface area contributed by atoms with Crippen LogP contribution in [0, 0.1) is 6.92 Å². The van der Waals surface area contributed by atoms with Crippen molar-refractivity contribution in [2.75, 3.05) is 7.05 Å². The minimum atomic E-state index is -4.38. The van der Waals surface area contributed by atoms with Crippen molar-refractivity contribution in [3.05, 3.63) is 81.3 Å². The van der Waals surface area contributed by atoms with Gasteiger partial charge in [0.25, 0.3) is 5.91 Å². The molecule has 3 aromatic rings. The molecule has 0 fully saturated rings. The van der Waals surface area contributed by atoms with E-state index in [9.17, 15) is 18.0 Å². The number of ether oxygens (including phenoxy) is 1. The Labute approximate surface area is 170 Å². The first-order valence-electron chi connectivity index (χ1n) is 8.78. The quantitative estimate of drug-likeness (QED) is 0.542. The summed E-state index contributed by atoms with van der Waals surface area (Å²) in [5, 5.41) is 2.87. The fourth-order valence-corrected chi connectivity index (χ4v) is 3.31. The second-order valence-corrected chi connectivity index (χ2v) is 7.59. The van der Waals surface area contributed by atoms with E-state index in [1.165, 1.54) is 17.0 Å². The molecule has 8 heteroatoms. The molecule has 0 N–H and O–H groups in total. The molecule has 29 heavy (non-hydrogen) atoms. The SMILES string of the molecule is Cc1nc(COc2cccc(C(=O)N(C)Cc3ccc(C(F)(F)F)cc3)c2)cs1. The average molecular weight is 420 g/mol. The lowest BCUT2D eigenvalue weighted by Gasteiger charge is -2.18. The lowest BCUT2D eigenvalue weighted by atomic mass is 10.1. The largest absolute Gasteiger partial charge is 0.487 e. The summed E-state index contributed by atoms with van der Waals surface area (Å²) in [6, 6.07) is 11.6. The Bertz CT molecular complexity index is 984. The lowest BCUT2D eigenvalue weighted by molar-refractivity contribution is -0.137. The van der Waals surface area contributed by atoms with Crippen molar-refractivity contribution in [2.45, 2.75) is 26.3 Å². The first-order valence-corrected chi connectivity index (χ1v) is 9.66. The molecule has 152 valence electrons. The van der Waals surface area contributed by atoms with Crippen molar-refractivity contribution in [3.8, 4) is 5.75 Å². The van der Waals surface area contributed by atoms with Crippen LogP contribution in [0.4, 0.5) is 13.2 Å². The summed E-state index contributed by atoms with van der Waals surface area (Å²) < 4.78 is 43.7. The number of carbonyl (C=O) groups excluding carboxylic acids is 1. The number of thiazole rings is 1. The second kappa shape index (κ2) is 8.65. The molecule has 0 bridgehead atoms. The maximum absolute atomic E-state index is 12.7. The Hall–Kier alpha value is -2.87. The minimum absolute atomic E-state index is 0.195. The molecular weight excluding hydrogens is 401 g/mol. The van der Waals surface area contributed by atoms with Crippen molar-refractivity contribution in [1.29, 1.82) is 0 Å². The van der Waals surface area contributed by atoms with Crippen molar-refractivity contribution in [2.24, 2.45) is 0 Å². The van der Waals surface area contributed by atoms with E-state index in [0.29, 0.717) is 23.5 Å².